The van der Waals surface area contributed by atoms with Crippen molar-refractivity contribution in [1.82, 2.24) is 4.90 Å². The number of fused-ring (bicyclic) bond motifs is 1. The Morgan fingerprint density at radius 2 is 0.833 bits per heavy atom. The maximum Gasteiger partial charge on any atom is 0.169 e. The number of allylic oxidation sites excluding steroid dienone is 4. The predicted octanol–water partition coefficient (Wildman–Crippen LogP) is 14.4. The minimum Gasteiger partial charge on any atom is -0.344 e. The van der Waals surface area contributed by atoms with Gasteiger partial charge in [-0.3, -0.25) is 0 Å². The molecule has 3 heteroatoms. The second kappa shape index (κ2) is 30.0. The lowest BCUT2D eigenvalue weighted by atomic mass is 9.98. The molecule has 0 bridgehead atoms. The van der Waals surface area contributed by atoms with Gasteiger partial charge in [0, 0.05) is 18.9 Å². The van der Waals surface area contributed by atoms with E-state index < -0.39 is 0 Å². The molecular formula is C45H85NO2. The average Bonchev–Trinajstić information content (AvgIpc) is 3.64. The molecule has 282 valence electrons. The first-order valence-corrected chi connectivity index (χ1v) is 22.0. The maximum atomic E-state index is 6.89. The van der Waals surface area contributed by atoms with Crippen LogP contribution in [-0.2, 0) is 9.47 Å². The summed E-state index contributed by atoms with van der Waals surface area (Å²) in [5.41, 5.74) is 0. The zero-order chi connectivity index (χ0) is 34.4. The van der Waals surface area contributed by atoms with E-state index in [1.54, 1.807) is 0 Å². The first-order chi connectivity index (χ1) is 23.6. The SMILES string of the molecule is CCCCC/C=C\C/C=C\CCCCCCCCC1(CCCCCCCCCCCCCCCCCC)O[C@H]2CC(N(C)CC)C[C@H]2O1. The Labute approximate surface area is 301 Å². The minimum absolute atomic E-state index is 0.295. The molecule has 0 amide bonds. The third-order valence-corrected chi connectivity index (χ3v) is 11.4. The first kappa shape index (κ1) is 43.5. The summed E-state index contributed by atoms with van der Waals surface area (Å²) in [5.74, 6) is -0.295. The molecule has 0 radical (unpaired) electrons. The zero-order valence-electron chi connectivity index (χ0n) is 33.1. The van der Waals surface area contributed by atoms with Crippen LogP contribution in [0.2, 0.25) is 0 Å². The Balaban J connectivity index is 1.54. The highest BCUT2D eigenvalue weighted by Crippen LogP contribution is 2.44. The third-order valence-electron chi connectivity index (χ3n) is 11.4. The molecule has 1 saturated heterocycles. The first-order valence-electron chi connectivity index (χ1n) is 22.0. The summed E-state index contributed by atoms with van der Waals surface area (Å²) in [7, 11) is 2.26. The van der Waals surface area contributed by atoms with Gasteiger partial charge in [0.1, 0.15) is 0 Å². The van der Waals surface area contributed by atoms with Crippen molar-refractivity contribution in [2.45, 2.75) is 250 Å². The van der Waals surface area contributed by atoms with Crippen LogP contribution in [0.5, 0.6) is 0 Å². The lowest BCUT2D eigenvalue weighted by Crippen LogP contribution is -2.35. The number of hydrogen-bond acceptors (Lipinski definition) is 3. The number of nitrogens with zero attached hydrogens (tertiary/aromatic N) is 1. The van der Waals surface area contributed by atoms with Crippen molar-refractivity contribution in [1.29, 1.82) is 0 Å². The molecule has 0 aromatic carbocycles. The number of hydrogen-bond donors (Lipinski definition) is 0. The molecule has 0 aromatic heterocycles. The Hall–Kier alpha value is -0.640. The number of ether oxygens (including phenoxy) is 2. The van der Waals surface area contributed by atoms with E-state index in [0.717, 1.165) is 38.6 Å². The van der Waals surface area contributed by atoms with Crippen LogP contribution in [0.15, 0.2) is 24.3 Å². The van der Waals surface area contributed by atoms with E-state index in [2.05, 4.69) is 57.0 Å². The van der Waals surface area contributed by atoms with Crippen LogP contribution in [0, 0.1) is 0 Å². The Kier molecular flexibility index (Phi) is 27.2. The second-order valence-electron chi connectivity index (χ2n) is 15.8. The van der Waals surface area contributed by atoms with Crippen molar-refractivity contribution in [3.8, 4) is 0 Å². The molecule has 0 aromatic rings. The van der Waals surface area contributed by atoms with E-state index in [-0.39, 0.29) is 5.79 Å². The van der Waals surface area contributed by atoms with Gasteiger partial charge in [-0.15, -0.1) is 0 Å². The van der Waals surface area contributed by atoms with Crippen molar-refractivity contribution >= 4 is 0 Å². The minimum atomic E-state index is -0.295. The van der Waals surface area contributed by atoms with Crippen LogP contribution in [0.3, 0.4) is 0 Å². The Morgan fingerprint density at radius 1 is 0.479 bits per heavy atom. The predicted molar refractivity (Wildman–Crippen MR) is 212 cm³/mol. The van der Waals surface area contributed by atoms with Gasteiger partial charge in [-0.2, -0.15) is 0 Å². The molecule has 2 aliphatic rings. The van der Waals surface area contributed by atoms with Gasteiger partial charge in [0.05, 0.1) is 12.2 Å². The van der Waals surface area contributed by atoms with Gasteiger partial charge in [-0.05, 0) is 71.4 Å². The van der Waals surface area contributed by atoms with E-state index in [9.17, 15) is 0 Å². The lowest BCUT2D eigenvalue weighted by molar-refractivity contribution is -0.193. The molecule has 0 spiro atoms. The van der Waals surface area contributed by atoms with Gasteiger partial charge in [0.2, 0.25) is 0 Å². The van der Waals surface area contributed by atoms with Crippen LogP contribution in [0.1, 0.15) is 226 Å². The van der Waals surface area contributed by atoms with E-state index in [4.69, 9.17) is 9.47 Å². The van der Waals surface area contributed by atoms with E-state index in [1.807, 2.05) is 0 Å². The van der Waals surface area contributed by atoms with Crippen LogP contribution in [-0.4, -0.2) is 42.5 Å². The highest BCUT2D eigenvalue weighted by atomic mass is 16.8. The number of rotatable bonds is 34. The Morgan fingerprint density at radius 3 is 1.25 bits per heavy atom. The van der Waals surface area contributed by atoms with Gasteiger partial charge < -0.3 is 14.4 Å². The maximum absolute atomic E-state index is 6.89. The summed E-state index contributed by atoms with van der Waals surface area (Å²) in [6.45, 7) is 7.96. The third kappa shape index (κ3) is 20.9. The van der Waals surface area contributed by atoms with Crippen LogP contribution >= 0.6 is 0 Å². The molecule has 1 saturated carbocycles. The summed E-state index contributed by atoms with van der Waals surface area (Å²) < 4.78 is 13.8. The molecular weight excluding hydrogens is 587 g/mol. The molecule has 1 aliphatic carbocycles. The normalized spacial score (nSPS) is 22.6. The van der Waals surface area contributed by atoms with Crippen molar-refractivity contribution in [3.63, 3.8) is 0 Å². The summed E-state index contributed by atoms with van der Waals surface area (Å²) in [6, 6.07) is 0.625. The molecule has 2 rings (SSSR count). The van der Waals surface area contributed by atoms with E-state index in [1.165, 1.54) is 173 Å². The summed E-state index contributed by atoms with van der Waals surface area (Å²) >= 11 is 0. The molecule has 2 fully saturated rings. The van der Waals surface area contributed by atoms with Gasteiger partial charge >= 0.3 is 0 Å². The van der Waals surface area contributed by atoms with Crippen LogP contribution in [0.25, 0.3) is 0 Å². The van der Waals surface area contributed by atoms with Gasteiger partial charge in [0.15, 0.2) is 5.79 Å². The van der Waals surface area contributed by atoms with Crippen molar-refractivity contribution < 1.29 is 9.47 Å². The molecule has 48 heavy (non-hydrogen) atoms. The molecule has 2 unspecified atom stereocenters. The molecule has 4 atom stereocenters. The van der Waals surface area contributed by atoms with E-state index in [0.29, 0.717) is 18.2 Å². The largest absolute Gasteiger partial charge is 0.344 e. The smallest absolute Gasteiger partial charge is 0.169 e. The van der Waals surface area contributed by atoms with Gasteiger partial charge in [0.25, 0.3) is 0 Å². The molecule has 1 heterocycles. The topological polar surface area (TPSA) is 21.7 Å². The van der Waals surface area contributed by atoms with Crippen molar-refractivity contribution in [3.05, 3.63) is 24.3 Å². The quantitative estimate of drug-likeness (QED) is 0.0502. The fourth-order valence-corrected chi connectivity index (χ4v) is 8.07. The molecule has 3 nitrogen and oxygen atoms in total. The molecule has 1 aliphatic heterocycles. The standard InChI is InChI=1S/C45H85NO2/c1-5-8-10-12-14-16-18-20-22-24-26-28-30-32-34-36-38-45(47-43-40-42(46(4)7-3)41-44(43)48-45)39-37-35-33-31-29-27-25-23-21-19-17-15-13-11-9-6-2/h14,16,20,22,42-44H,5-13,15,17-19,21,23-41H2,1-4H3/b16-14-,22-20-/t42?,43-,44+,45?. The van der Waals surface area contributed by atoms with E-state index >= 15 is 0 Å². The number of unbranched alkanes of at least 4 members (excludes halogenated alkanes) is 24. The summed E-state index contributed by atoms with van der Waals surface area (Å²) in [5, 5.41) is 0. The van der Waals surface area contributed by atoms with Crippen LogP contribution in [0.4, 0.5) is 0 Å². The highest BCUT2D eigenvalue weighted by molar-refractivity contribution is 4.97. The monoisotopic (exact) mass is 672 g/mol. The molecule has 0 N–H and O–H groups in total. The van der Waals surface area contributed by atoms with Gasteiger partial charge in [-0.1, -0.05) is 180 Å². The summed E-state index contributed by atoms with van der Waals surface area (Å²) in [4.78, 5) is 2.49. The lowest BCUT2D eigenvalue weighted by Gasteiger charge is -2.31. The fourth-order valence-electron chi connectivity index (χ4n) is 8.07. The van der Waals surface area contributed by atoms with Gasteiger partial charge in [-0.25, -0.2) is 0 Å². The average molecular weight is 672 g/mol. The zero-order valence-corrected chi connectivity index (χ0v) is 33.1. The highest BCUT2D eigenvalue weighted by Gasteiger charge is 2.51. The second-order valence-corrected chi connectivity index (χ2v) is 15.8. The Bertz CT molecular complexity index is 748. The summed E-state index contributed by atoms with van der Waals surface area (Å²) in [6.07, 6.45) is 52.9. The van der Waals surface area contributed by atoms with Crippen molar-refractivity contribution in [2.75, 3.05) is 13.6 Å². The van der Waals surface area contributed by atoms with Crippen molar-refractivity contribution in [2.24, 2.45) is 0 Å². The fraction of sp³-hybridized carbons (Fsp3) is 0.911. The van der Waals surface area contributed by atoms with Crippen LogP contribution < -0.4 is 0 Å².